The zero-order valence-electron chi connectivity index (χ0n) is 13.9. The van der Waals surface area contributed by atoms with Gasteiger partial charge < -0.3 is 14.6 Å². The summed E-state index contributed by atoms with van der Waals surface area (Å²) < 4.78 is 10.2. The number of carbonyl (C=O) groups is 1. The Hall–Kier alpha value is -0.610. The molecule has 0 fully saturated rings. The standard InChI is InChI=1S/C17H34O4/c1-3-4-5-6-7-8-9-10-11-12-13-20-14-15-21-17(19)16(2)18/h16,18H,3-15H2,1-2H3/t16-/m1/s1. The molecule has 0 spiro atoms. The van der Waals surface area contributed by atoms with Crippen LogP contribution in [-0.2, 0) is 14.3 Å². The Bertz CT molecular complexity index is 229. The first-order valence-corrected chi connectivity index (χ1v) is 8.61. The lowest BCUT2D eigenvalue weighted by Crippen LogP contribution is -2.21. The highest BCUT2D eigenvalue weighted by Gasteiger charge is 2.08. The number of aliphatic hydroxyl groups is 1. The summed E-state index contributed by atoms with van der Waals surface area (Å²) in [6.45, 7) is 5.01. The zero-order valence-corrected chi connectivity index (χ0v) is 13.9. The highest BCUT2D eigenvalue weighted by molar-refractivity contribution is 5.73. The Morgan fingerprint density at radius 3 is 1.90 bits per heavy atom. The van der Waals surface area contributed by atoms with Gasteiger partial charge in [-0.05, 0) is 13.3 Å². The third-order valence-corrected chi connectivity index (χ3v) is 3.46. The van der Waals surface area contributed by atoms with Gasteiger partial charge in [-0.2, -0.15) is 0 Å². The number of aliphatic hydroxyl groups excluding tert-OH is 1. The second-order valence-electron chi connectivity index (χ2n) is 5.64. The van der Waals surface area contributed by atoms with E-state index in [-0.39, 0.29) is 6.61 Å². The monoisotopic (exact) mass is 302 g/mol. The van der Waals surface area contributed by atoms with E-state index in [0.29, 0.717) is 6.61 Å². The van der Waals surface area contributed by atoms with E-state index in [1.54, 1.807) is 0 Å². The van der Waals surface area contributed by atoms with Crippen LogP contribution in [0.2, 0.25) is 0 Å². The zero-order chi connectivity index (χ0) is 15.8. The Balaban J connectivity index is 3.04. The highest BCUT2D eigenvalue weighted by Crippen LogP contribution is 2.10. The molecule has 0 rings (SSSR count). The summed E-state index contributed by atoms with van der Waals surface area (Å²) in [5, 5.41) is 8.91. The van der Waals surface area contributed by atoms with Crippen molar-refractivity contribution in [3.8, 4) is 0 Å². The summed E-state index contributed by atoms with van der Waals surface area (Å²) in [4.78, 5) is 10.9. The van der Waals surface area contributed by atoms with Crippen molar-refractivity contribution < 1.29 is 19.4 Å². The van der Waals surface area contributed by atoms with Gasteiger partial charge in [0.15, 0.2) is 0 Å². The van der Waals surface area contributed by atoms with Crippen molar-refractivity contribution in [3.63, 3.8) is 0 Å². The fourth-order valence-corrected chi connectivity index (χ4v) is 2.12. The van der Waals surface area contributed by atoms with Gasteiger partial charge in [0.2, 0.25) is 0 Å². The summed E-state index contributed by atoms with van der Waals surface area (Å²) in [7, 11) is 0. The van der Waals surface area contributed by atoms with Crippen molar-refractivity contribution in [1.82, 2.24) is 0 Å². The summed E-state index contributed by atoms with van der Waals surface area (Å²) in [5.74, 6) is -0.586. The van der Waals surface area contributed by atoms with E-state index in [2.05, 4.69) is 6.92 Å². The Morgan fingerprint density at radius 2 is 1.38 bits per heavy atom. The van der Waals surface area contributed by atoms with Crippen LogP contribution < -0.4 is 0 Å². The molecule has 0 aromatic rings. The van der Waals surface area contributed by atoms with Crippen LogP contribution in [0.5, 0.6) is 0 Å². The van der Waals surface area contributed by atoms with Gasteiger partial charge in [-0.15, -0.1) is 0 Å². The van der Waals surface area contributed by atoms with Crippen LogP contribution in [0.25, 0.3) is 0 Å². The van der Waals surface area contributed by atoms with Crippen molar-refractivity contribution in [1.29, 1.82) is 0 Å². The minimum absolute atomic E-state index is 0.224. The third kappa shape index (κ3) is 15.6. The molecule has 126 valence electrons. The van der Waals surface area contributed by atoms with E-state index in [1.807, 2.05) is 0 Å². The highest BCUT2D eigenvalue weighted by atomic mass is 16.6. The van der Waals surface area contributed by atoms with Crippen LogP contribution in [0, 0.1) is 0 Å². The predicted molar refractivity (Wildman–Crippen MR) is 85.3 cm³/mol. The summed E-state index contributed by atoms with van der Waals surface area (Å²) in [6.07, 6.45) is 12.1. The molecule has 0 saturated carbocycles. The molecular weight excluding hydrogens is 268 g/mol. The SMILES string of the molecule is CCCCCCCCCCCCOCCOC(=O)[C@@H](C)O. The molecule has 0 unspecified atom stereocenters. The van der Waals surface area contributed by atoms with E-state index in [0.717, 1.165) is 13.0 Å². The van der Waals surface area contributed by atoms with Crippen molar-refractivity contribution in [2.24, 2.45) is 0 Å². The molecule has 0 aliphatic carbocycles. The van der Waals surface area contributed by atoms with E-state index in [4.69, 9.17) is 14.6 Å². The van der Waals surface area contributed by atoms with Crippen LogP contribution in [0.3, 0.4) is 0 Å². The van der Waals surface area contributed by atoms with Crippen molar-refractivity contribution in [3.05, 3.63) is 0 Å². The molecule has 0 saturated heterocycles. The Kier molecular flexibility index (Phi) is 15.3. The molecule has 0 amide bonds. The van der Waals surface area contributed by atoms with Gasteiger partial charge in [0.25, 0.3) is 0 Å². The summed E-state index contributed by atoms with van der Waals surface area (Å²) in [6, 6.07) is 0. The van der Waals surface area contributed by atoms with Crippen LogP contribution >= 0.6 is 0 Å². The van der Waals surface area contributed by atoms with Crippen LogP contribution in [0.4, 0.5) is 0 Å². The largest absolute Gasteiger partial charge is 0.461 e. The molecule has 1 atom stereocenters. The third-order valence-electron chi connectivity index (χ3n) is 3.46. The average Bonchev–Trinajstić information content (AvgIpc) is 2.47. The first-order valence-electron chi connectivity index (χ1n) is 8.61. The van der Waals surface area contributed by atoms with Gasteiger partial charge >= 0.3 is 5.97 Å². The molecule has 21 heavy (non-hydrogen) atoms. The van der Waals surface area contributed by atoms with Gasteiger partial charge in [-0.25, -0.2) is 4.79 Å². The van der Waals surface area contributed by atoms with Gasteiger partial charge in [0.05, 0.1) is 6.61 Å². The quantitative estimate of drug-likeness (QED) is 0.369. The van der Waals surface area contributed by atoms with E-state index < -0.39 is 12.1 Å². The molecule has 0 aliphatic heterocycles. The van der Waals surface area contributed by atoms with Gasteiger partial charge in [-0.1, -0.05) is 64.7 Å². The molecule has 0 heterocycles. The summed E-state index contributed by atoms with van der Waals surface area (Å²) >= 11 is 0. The van der Waals surface area contributed by atoms with Gasteiger partial charge in [-0.3, -0.25) is 0 Å². The van der Waals surface area contributed by atoms with Crippen LogP contribution in [-0.4, -0.2) is 37.0 Å². The predicted octanol–water partition coefficient (Wildman–Crippen LogP) is 3.85. The Morgan fingerprint density at radius 1 is 0.857 bits per heavy atom. The lowest BCUT2D eigenvalue weighted by atomic mass is 10.1. The number of rotatable bonds is 15. The molecule has 4 heteroatoms. The normalized spacial score (nSPS) is 12.3. The second kappa shape index (κ2) is 15.8. The number of hydrogen-bond acceptors (Lipinski definition) is 4. The maximum absolute atomic E-state index is 10.9. The number of hydrogen-bond donors (Lipinski definition) is 1. The summed E-state index contributed by atoms with van der Waals surface area (Å²) in [5.41, 5.74) is 0. The lowest BCUT2D eigenvalue weighted by Gasteiger charge is -2.07. The second-order valence-corrected chi connectivity index (χ2v) is 5.64. The van der Waals surface area contributed by atoms with E-state index >= 15 is 0 Å². The van der Waals surface area contributed by atoms with Crippen molar-refractivity contribution in [2.45, 2.75) is 84.2 Å². The number of ether oxygens (including phenoxy) is 2. The van der Waals surface area contributed by atoms with Crippen LogP contribution in [0.1, 0.15) is 78.1 Å². The topological polar surface area (TPSA) is 55.8 Å². The number of unbranched alkanes of at least 4 members (excludes halogenated alkanes) is 9. The minimum atomic E-state index is -1.05. The number of carbonyl (C=O) groups excluding carboxylic acids is 1. The fraction of sp³-hybridized carbons (Fsp3) is 0.941. The minimum Gasteiger partial charge on any atom is -0.461 e. The Labute approximate surface area is 130 Å². The molecule has 0 aromatic heterocycles. The molecule has 0 radical (unpaired) electrons. The van der Waals surface area contributed by atoms with Crippen LogP contribution in [0.15, 0.2) is 0 Å². The molecule has 0 bridgehead atoms. The van der Waals surface area contributed by atoms with Gasteiger partial charge in [0, 0.05) is 6.61 Å². The maximum atomic E-state index is 10.9. The average molecular weight is 302 g/mol. The van der Waals surface area contributed by atoms with Crippen molar-refractivity contribution in [2.75, 3.05) is 19.8 Å². The molecular formula is C17H34O4. The lowest BCUT2D eigenvalue weighted by molar-refractivity contribution is -0.154. The van der Waals surface area contributed by atoms with Crippen molar-refractivity contribution >= 4 is 5.97 Å². The molecule has 1 N–H and O–H groups in total. The smallest absolute Gasteiger partial charge is 0.334 e. The number of esters is 1. The maximum Gasteiger partial charge on any atom is 0.334 e. The van der Waals surface area contributed by atoms with E-state index in [9.17, 15) is 4.79 Å². The first-order chi connectivity index (χ1) is 10.2. The first kappa shape index (κ1) is 20.4. The van der Waals surface area contributed by atoms with E-state index in [1.165, 1.54) is 64.7 Å². The van der Waals surface area contributed by atoms with Gasteiger partial charge in [0.1, 0.15) is 12.7 Å². The molecule has 0 aromatic carbocycles. The fourth-order valence-electron chi connectivity index (χ4n) is 2.12. The molecule has 4 nitrogen and oxygen atoms in total. The molecule has 0 aliphatic rings.